The van der Waals surface area contributed by atoms with Gasteiger partial charge in [0.2, 0.25) is 11.8 Å². The van der Waals surface area contributed by atoms with Crippen molar-refractivity contribution in [3.8, 4) is 11.6 Å². The van der Waals surface area contributed by atoms with Gasteiger partial charge in [-0.15, -0.1) is 0 Å². The molecule has 0 fully saturated rings. The summed E-state index contributed by atoms with van der Waals surface area (Å²) in [6, 6.07) is 7.33. The number of rotatable bonds is 4. The molecule has 1 amide bonds. The van der Waals surface area contributed by atoms with Crippen molar-refractivity contribution in [2.24, 2.45) is 5.73 Å². The van der Waals surface area contributed by atoms with Crippen molar-refractivity contribution < 1.29 is 19.4 Å². The quantitative estimate of drug-likeness (QED) is 0.900. The van der Waals surface area contributed by atoms with Gasteiger partial charge in [-0.05, 0) is 18.2 Å². The van der Waals surface area contributed by atoms with Crippen LogP contribution in [-0.4, -0.2) is 22.0 Å². The summed E-state index contributed by atoms with van der Waals surface area (Å²) >= 11 is 5.70. The molecule has 0 aliphatic rings. The molecule has 3 N–H and O–H groups in total. The predicted octanol–water partition coefficient (Wildman–Crippen LogP) is 2.32. The molecule has 2 aromatic rings. The van der Waals surface area contributed by atoms with Gasteiger partial charge in [0, 0.05) is 11.6 Å². The van der Waals surface area contributed by atoms with Crippen LogP contribution < -0.4 is 10.5 Å². The van der Waals surface area contributed by atoms with E-state index in [1.54, 1.807) is 12.1 Å². The van der Waals surface area contributed by atoms with Crippen LogP contribution in [0.5, 0.6) is 11.6 Å². The average molecular weight is 293 g/mol. The molecule has 0 spiro atoms. The number of pyridine rings is 1. The van der Waals surface area contributed by atoms with Gasteiger partial charge in [-0.2, -0.15) is 0 Å². The van der Waals surface area contributed by atoms with Crippen molar-refractivity contribution >= 4 is 23.5 Å². The first-order valence-electron chi connectivity index (χ1n) is 5.44. The molecule has 7 heteroatoms. The van der Waals surface area contributed by atoms with Crippen LogP contribution in [0.4, 0.5) is 0 Å². The standard InChI is InChI=1S/C13H9ClN2O4/c14-10-6-16-11(5-9(10)13(18)19)20-8-3-1-2-7(4-8)12(15)17/h1-6H,(H2,15,17)(H,18,19). The third-order valence-electron chi connectivity index (χ3n) is 2.40. The van der Waals surface area contributed by atoms with E-state index in [4.69, 9.17) is 27.2 Å². The van der Waals surface area contributed by atoms with Crippen LogP contribution in [0.2, 0.25) is 5.02 Å². The van der Waals surface area contributed by atoms with Crippen molar-refractivity contribution in [2.75, 3.05) is 0 Å². The Morgan fingerprint density at radius 3 is 2.70 bits per heavy atom. The van der Waals surface area contributed by atoms with Gasteiger partial charge in [-0.3, -0.25) is 4.79 Å². The minimum absolute atomic E-state index is 0.00994. The monoisotopic (exact) mass is 292 g/mol. The Kier molecular flexibility index (Phi) is 3.86. The molecular formula is C13H9ClN2O4. The summed E-state index contributed by atoms with van der Waals surface area (Å²) in [5.74, 6) is -1.42. The summed E-state index contributed by atoms with van der Waals surface area (Å²) in [5.41, 5.74) is 5.31. The van der Waals surface area contributed by atoms with E-state index < -0.39 is 11.9 Å². The van der Waals surface area contributed by atoms with Crippen molar-refractivity contribution in [1.29, 1.82) is 0 Å². The lowest BCUT2D eigenvalue weighted by molar-refractivity contribution is 0.0696. The van der Waals surface area contributed by atoms with E-state index in [0.717, 1.165) is 0 Å². The number of ether oxygens (including phenoxy) is 1. The Balaban J connectivity index is 2.30. The van der Waals surface area contributed by atoms with E-state index in [9.17, 15) is 9.59 Å². The van der Waals surface area contributed by atoms with E-state index in [2.05, 4.69) is 4.98 Å². The summed E-state index contributed by atoms with van der Waals surface area (Å²) in [6.45, 7) is 0. The van der Waals surface area contributed by atoms with Gasteiger partial charge < -0.3 is 15.6 Å². The van der Waals surface area contributed by atoms with Crippen molar-refractivity contribution in [2.45, 2.75) is 0 Å². The molecule has 20 heavy (non-hydrogen) atoms. The van der Waals surface area contributed by atoms with Crippen molar-refractivity contribution in [1.82, 2.24) is 4.98 Å². The molecule has 2 rings (SSSR count). The number of carbonyl (C=O) groups excluding carboxylic acids is 1. The molecular weight excluding hydrogens is 284 g/mol. The molecule has 0 saturated heterocycles. The predicted molar refractivity (Wildman–Crippen MR) is 71.2 cm³/mol. The fourth-order valence-electron chi connectivity index (χ4n) is 1.47. The fourth-order valence-corrected chi connectivity index (χ4v) is 1.66. The first-order valence-corrected chi connectivity index (χ1v) is 5.81. The Morgan fingerprint density at radius 2 is 2.05 bits per heavy atom. The average Bonchev–Trinajstić information content (AvgIpc) is 2.41. The first-order chi connectivity index (χ1) is 9.47. The highest BCUT2D eigenvalue weighted by Crippen LogP contribution is 2.24. The molecule has 0 aliphatic carbocycles. The summed E-state index contributed by atoms with van der Waals surface area (Å²) in [4.78, 5) is 25.8. The molecule has 1 aromatic heterocycles. The number of aromatic nitrogens is 1. The Morgan fingerprint density at radius 1 is 1.30 bits per heavy atom. The molecule has 0 saturated carbocycles. The first kappa shape index (κ1) is 13.8. The molecule has 0 bridgehead atoms. The molecule has 0 unspecified atom stereocenters. The number of benzene rings is 1. The second-order valence-electron chi connectivity index (χ2n) is 3.80. The molecule has 0 atom stereocenters. The highest BCUT2D eigenvalue weighted by molar-refractivity contribution is 6.33. The number of carbonyl (C=O) groups is 2. The van der Waals surface area contributed by atoms with Gasteiger partial charge in [-0.1, -0.05) is 17.7 Å². The summed E-state index contributed by atoms with van der Waals surface area (Å²) < 4.78 is 5.37. The number of aromatic carboxylic acids is 1. The normalized spacial score (nSPS) is 10.1. The van der Waals surface area contributed by atoms with Crippen molar-refractivity contribution in [3.63, 3.8) is 0 Å². The third kappa shape index (κ3) is 3.04. The maximum Gasteiger partial charge on any atom is 0.337 e. The van der Waals surface area contributed by atoms with Gasteiger partial charge in [0.15, 0.2) is 0 Å². The molecule has 1 aromatic carbocycles. The van der Waals surface area contributed by atoms with E-state index in [0.29, 0.717) is 5.75 Å². The van der Waals surface area contributed by atoms with Crippen LogP contribution >= 0.6 is 11.6 Å². The van der Waals surface area contributed by atoms with Crippen molar-refractivity contribution in [3.05, 3.63) is 52.7 Å². The largest absolute Gasteiger partial charge is 0.478 e. The molecule has 102 valence electrons. The molecule has 0 aliphatic heterocycles. The Hall–Kier alpha value is -2.60. The fraction of sp³-hybridized carbons (Fsp3) is 0. The number of halogens is 1. The maximum atomic E-state index is 11.0. The smallest absolute Gasteiger partial charge is 0.337 e. The van der Waals surface area contributed by atoms with Gasteiger partial charge in [0.05, 0.1) is 16.8 Å². The minimum Gasteiger partial charge on any atom is -0.478 e. The highest BCUT2D eigenvalue weighted by atomic mass is 35.5. The van der Waals surface area contributed by atoms with E-state index in [1.807, 2.05) is 0 Å². The lowest BCUT2D eigenvalue weighted by Crippen LogP contribution is -2.10. The zero-order valence-electron chi connectivity index (χ0n) is 10.0. The molecule has 0 radical (unpaired) electrons. The lowest BCUT2D eigenvalue weighted by atomic mass is 10.2. The van der Waals surface area contributed by atoms with E-state index in [1.165, 1.54) is 24.4 Å². The summed E-state index contributed by atoms with van der Waals surface area (Å²) in [6.07, 6.45) is 1.18. The number of nitrogens with zero attached hydrogens (tertiary/aromatic N) is 1. The van der Waals surface area contributed by atoms with E-state index >= 15 is 0 Å². The number of carboxylic acids is 1. The number of hydrogen-bond donors (Lipinski definition) is 2. The van der Waals surface area contributed by atoms with Crippen LogP contribution in [0.15, 0.2) is 36.5 Å². The molecule has 1 heterocycles. The number of primary amides is 1. The zero-order valence-corrected chi connectivity index (χ0v) is 10.8. The van der Waals surface area contributed by atoms with Crippen LogP contribution in [-0.2, 0) is 0 Å². The highest BCUT2D eigenvalue weighted by Gasteiger charge is 2.12. The number of nitrogens with two attached hydrogens (primary N) is 1. The Labute approximate surface area is 118 Å². The van der Waals surface area contributed by atoms with Gasteiger partial charge >= 0.3 is 5.97 Å². The number of amides is 1. The SMILES string of the molecule is NC(=O)c1cccc(Oc2cc(C(=O)O)c(Cl)cn2)c1. The van der Waals surface area contributed by atoms with Crippen LogP contribution in [0.1, 0.15) is 20.7 Å². The summed E-state index contributed by atoms with van der Waals surface area (Å²) in [7, 11) is 0. The van der Waals surface area contributed by atoms with Gasteiger partial charge in [-0.25, -0.2) is 9.78 Å². The van der Waals surface area contributed by atoms with E-state index in [-0.39, 0.29) is 22.0 Å². The minimum atomic E-state index is -1.19. The third-order valence-corrected chi connectivity index (χ3v) is 2.70. The maximum absolute atomic E-state index is 11.0. The van der Waals surface area contributed by atoms with Gasteiger partial charge in [0.25, 0.3) is 0 Å². The van der Waals surface area contributed by atoms with Crippen LogP contribution in [0, 0.1) is 0 Å². The lowest BCUT2D eigenvalue weighted by Gasteiger charge is -2.07. The number of hydrogen-bond acceptors (Lipinski definition) is 4. The zero-order chi connectivity index (χ0) is 14.7. The Bertz CT molecular complexity index is 688. The molecule has 6 nitrogen and oxygen atoms in total. The van der Waals surface area contributed by atoms with Crippen LogP contribution in [0.3, 0.4) is 0 Å². The van der Waals surface area contributed by atoms with Gasteiger partial charge in [0.1, 0.15) is 5.75 Å². The van der Waals surface area contributed by atoms with Crippen LogP contribution in [0.25, 0.3) is 0 Å². The second kappa shape index (κ2) is 5.58. The summed E-state index contributed by atoms with van der Waals surface area (Å²) in [5, 5.41) is 8.95. The topological polar surface area (TPSA) is 103 Å². The number of carboxylic acid groups (broad SMARTS) is 1. The second-order valence-corrected chi connectivity index (χ2v) is 4.21.